The van der Waals surface area contributed by atoms with Gasteiger partial charge in [-0.3, -0.25) is 0 Å². The number of nitrogens with zero attached hydrogens (tertiary/aromatic N) is 1. The topological polar surface area (TPSA) is 4.10 Å². The summed E-state index contributed by atoms with van der Waals surface area (Å²) in [6, 6.07) is 15.2. The van der Waals surface area contributed by atoms with E-state index in [4.69, 9.17) is 0 Å². The quantitative estimate of drug-likeness (QED) is 0.472. The van der Waals surface area contributed by atoms with E-state index in [-0.39, 0.29) is 0 Å². The van der Waals surface area contributed by atoms with Crippen molar-refractivity contribution in [2.24, 2.45) is 0 Å². The van der Waals surface area contributed by atoms with Crippen molar-refractivity contribution in [3.8, 4) is 0 Å². The van der Waals surface area contributed by atoms with Crippen molar-refractivity contribution in [3.05, 3.63) is 59.9 Å². The van der Waals surface area contributed by atoms with Crippen LogP contribution in [0, 0.1) is 0 Å². The van der Waals surface area contributed by atoms with Crippen LogP contribution >= 0.6 is 0 Å². The van der Waals surface area contributed by atoms with Gasteiger partial charge in [0.2, 0.25) is 5.52 Å². The molecule has 1 heteroatoms. The van der Waals surface area contributed by atoms with Crippen LogP contribution in [0.3, 0.4) is 0 Å². The molecule has 0 saturated carbocycles. The maximum absolute atomic E-state index is 2.35. The van der Waals surface area contributed by atoms with E-state index in [0.29, 0.717) is 0 Å². The van der Waals surface area contributed by atoms with Gasteiger partial charge in [-0.1, -0.05) is 32.0 Å². The van der Waals surface area contributed by atoms with Gasteiger partial charge >= 0.3 is 0 Å². The molecule has 0 aliphatic heterocycles. The van der Waals surface area contributed by atoms with E-state index in [1.54, 1.807) is 0 Å². The van der Waals surface area contributed by atoms with Crippen molar-refractivity contribution >= 4 is 16.3 Å². The molecular weight excluding hydrogens is 218 g/mol. The number of aromatic nitrogens is 1. The molecule has 0 N–H and O–H groups in total. The highest BCUT2D eigenvalue weighted by atomic mass is 14.9. The maximum Gasteiger partial charge on any atom is 0.218 e. The number of benzene rings is 1. The number of aryl methyl sites for hydroxylation is 2. The minimum absolute atomic E-state index is 1.07. The highest BCUT2D eigenvalue weighted by Crippen LogP contribution is 2.24. The standard InChI is InChI=1S/C17H18N/c1-3-13-14-9-5-6-10-15(14)17-11-7-8-12-18(17)16(13)4-2/h5-12H,3-4H2,1-2H3/q+1. The first-order valence-corrected chi connectivity index (χ1v) is 6.69. The van der Waals surface area contributed by atoms with Crippen LogP contribution in [0.25, 0.3) is 16.3 Å². The Morgan fingerprint density at radius 2 is 1.56 bits per heavy atom. The molecular formula is C17H18N+. The zero-order chi connectivity index (χ0) is 12.5. The van der Waals surface area contributed by atoms with Gasteiger partial charge in [0.1, 0.15) is 0 Å². The third-order valence-electron chi connectivity index (χ3n) is 3.72. The van der Waals surface area contributed by atoms with Crippen LogP contribution in [0.5, 0.6) is 0 Å². The minimum atomic E-state index is 1.07. The lowest BCUT2D eigenvalue weighted by atomic mass is 9.99. The van der Waals surface area contributed by atoms with Crippen molar-refractivity contribution in [1.82, 2.24) is 0 Å². The van der Waals surface area contributed by atoms with E-state index in [0.717, 1.165) is 12.8 Å². The molecule has 0 aliphatic rings. The Bertz CT molecular complexity index is 650. The number of rotatable bonds is 2. The Labute approximate surface area is 108 Å². The van der Waals surface area contributed by atoms with Gasteiger partial charge in [0, 0.05) is 24.1 Å². The molecule has 0 aliphatic carbocycles. The summed E-state index contributed by atoms with van der Waals surface area (Å²) in [6.07, 6.45) is 4.33. The number of hydrogen-bond acceptors (Lipinski definition) is 0. The Kier molecular flexibility index (Phi) is 2.75. The molecule has 0 spiro atoms. The second-order valence-electron chi connectivity index (χ2n) is 4.63. The SMILES string of the molecule is CCc1c(CC)[n+]2ccccc2c2ccccc12. The highest BCUT2D eigenvalue weighted by Gasteiger charge is 2.18. The van der Waals surface area contributed by atoms with E-state index in [9.17, 15) is 0 Å². The molecule has 1 nitrogen and oxygen atoms in total. The fraction of sp³-hybridized carbons (Fsp3) is 0.235. The van der Waals surface area contributed by atoms with Crippen LogP contribution in [0.1, 0.15) is 25.1 Å². The lowest BCUT2D eigenvalue weighted by Crippen LogP contribution is -2.29. The average Bonchev–Trinajstić information content (AvgIpc) is 2.45. The molecule has 1 aromatic carbocycles. The Balaban J connectivity index is 2.61. The van der Waals surface area contributed by atoms with Crippen LogP contribution in [0.2, 0.25) is 0 Å². The van der Waals surface area contributed by atoms with Crippen LogP contribution < -0.4 is 4.40 Å². The molecule has 3 rings (SSSR count). The van der Waals surface area contributed by atoms with Crippen LogP contribution in [-0.4, -0.2) is 0 Å². The molecule has 0 fully saturated rings. The van der Waals surface area contributed by atoms with Crippen molar-refractivity contribution in [2.45, 2.75) is 26.7 Å². The van der Waals surface area contributed by atoms with Crippen LogP contribution in [0.4, 0.5) is 0 Å². The zero-order valence-corrected chi connectivity index (χ0v) is 11.0. The largest absolute Gasteiger partial charge is 0.218 e. The molecule has 0 amide bonds. The maximum atomic E-state index is 2.35. The number of fused-ring (bicyclic) bond motifs is 3. The van der Waals surface area contributed by atoms with Crippen LogP contribution in [-0.2, 0) is 12.8 Å². The normalized spacial score (nSPS) is 11.2. The van der Waals surface area contributed by atoms with Gasteiger partial charge in [-0.2, -0.15) is 4.40 Å². The second kappa shape index (κ2) is 4.41. The van der Waals surface area contributed by atoms with Crippen molar-refractivity contribution < 1.29 is 4.40 Å². The Hall–Kier alpha value is -1.89. The van der Waals surface area contributed by atoms with Gasteiger partial charge in [-0.25, -0.2) is 0 Å². The first-order chi connectivity index (χ1) is 8.86. The average molecular weight is 236 g/mol. The van der Waals surface area contributed by atoms with Crippen LogP contribution in [0.15, 0.2) is 48.7 Å². The zero-order valence-electron chi connectivity index (χ0n) is 11.0. The minimum Gasteiger partial charge on any atom is -0.164 e. The van der Waals surface area contributed by atoms with Gasteiger partial charge in [0.25, 0.3) is 0 Å². The number of hydrogen-bond donors (Lipinski definition) is 0. The molecule has 2 aromatic heterocycles. The molecule has 3 aromatic rings. The summed E-state index contributed by atoms with van der Waals surface area (Å²) in [6.45, 7) is 4.49. The van der Waals surface area contributed by atoms with Gasteiger partial charge in [-0.05, 0) is 23.9 Å². The fourth-order valence-corrected chi connectivity index (χ4v) is 2.95. The van der Waals surface area contributed by atoms with E-state index in [1.807, 2.05) is 0 Å². The smallest absolute Gasteiger partial charge is 0.164 e. The molecule has 0 atom stereocenters. The molecule has 18 heavy (non-hydrogen) atoms. The predicted octanol–water partition coefficient (Wildman–Crippen LogP) is 3.70. The Morgan fingerprint density at radius 1 is 0.833 bits per heavy atom. The van der Waals surface area contributed by atoms with Gasteiger partial charge in [0.15, 0.2) is 11.9 Å². The fourth-order valence-electron chi connectivity index (χ4n) is 2.95. The Morgan fingerprint density at radius 3 is 2.28 bits per heavy atom. The first kappa shape index (κ1) is 11.2. The highest BCUT2D eigenvalue weighted by molar-refractivity contribution is 5.96. The first-order valence-electron chi connectivity index (χ1n) is 6.69. The summed E-state index contributed by atoms with van der Waals surface area (Å²) in [7, 11) is 0. The van der Waals surface area contributed by atoms with E-state index < -0.39 is 0 Å². The lowest BCUT2D eigenvalue weighted by Gasteiger charge is -2.08. The lowest BCUT2D eigenvalue weighted by molar-refractivity contribution is -0.521. The summed E-state index contributed by atoms with van der Waals surface area (Å²) >= 11 is 0. The molecule has 0 saturated heterocycles. The summed E-state index contributed by atoms with van der Waals surface area (Å²) in [4.78, 5) is 0. The molecule has 90 valence electrons. The molecule has 2 heterocycles. The summed E-state index contributed by atoms with van der Waals surface area (Å²) < 4.78 is 2.35. The second-order valence-corrected chi connectivity index (χ2v) is 4.63. The van der Waals surface area contributed by atoms with Crippen molar-refractivity contribution in [2.75, 3.05) is 0 Å². The third kappa shape index (κ3) is 1.51. The monoisotopic (exact) mass is 236 g/mol. The van der Waals surface area contributed by atoms with E-state index >= 15 is 0 Å². The number of pyridine rings is 2. The summed E-state index contributed by atoms with van der Waals surface area (Å²) in [5.41, 5.74) is 4.23. The van der Waals surface area contributed by atoms with Gasteiger partial charge in [0.05, 0.1) is 5.39 Å². The summed E-state index contributed by atoms with van der Waals surface area (Å²) in [5.74, 6) is 0. The van der Waals surface area contributed by atoms with Crippen molar-refractivity contribution in [3.63, 3.8) is 0 Å². The summed E-state index contributed by atoms with van der Waals surface area (Å²) in [5, 5.41) is 2.76. The van der Waals surface area contributed by atoms with E-state index in [1.165, 1.54) is 27.5 Å². The molecule has 0 unspecified atom stereocenters. The third-order valence-corrected chi connectivity index (χ3v) is 3.72. The predicted molar refractivity (Wildman–Crippen MR) is 75.9 cm³/mol. The molecule has 0 radical (unpaired) electrons. The van der Waals surface area contributed by atoms with Crippen molar-refractivity contribution in [1.29, 1.82) is 0 Å². The van der Waals surface area contributed by atoms with Gasteiger partial charge < -0.3 is 0 Å². The molecule has 0 bridgehead atoms. The van der Waals surface area contributed by atoms with E-state index in [2.05, 4.69) is 66.9 Å². The van der Waals surface area contributed by atoms with Gasteiger partial charge in [-0.15, -0.1) is 0 Å².